The van der Waals surface area contributed by atoms with Gasteiger partial charge in [-0.1, -0.05) is 23.7 Å². The zero-order valence-electron chi connectivity index (χ0n) is 10.9. The second-order valence-corrected chi connectivity index (χ2v) is 6.62. The van der Waals surface area contributed by atoms with Crippen molar-refractivity contribution in [1.82, 2.24) is 4.72 Å². The molecule has 3 N–H and O–H groups in total. The Bertz CT molecular complexity index is 699. The quantitative estimate of drug-likeness (QED) is 0.853. The van der Waals surface area contributed by atoms with Crippen LogP contribution in [-0.4, -0.2) is 8.42 Å². The molecule has 0 aliphatic heterocycles. The normalized spacial score (nSPS) is 13.1. The summed E-state index contributed by atoms with van der Waals surface area (Å²) in [5.41, 5.74) is 6.87. The third-order valence-electron chi connectivity index (χ3n) is 2.87. The summed E-state index contributed by atoms with van der Waals surface area (Å²) in [4.78, 5) is 0.181. The maximum absolute atomic E-state index is 12.2. The molecule has 0 aliphatic rings. The summed E-state index contributed by atoms with van der Waals surface area (Å²) < 4.78 is 27.1. The van der Waals surface area contributed by atoms with Gasteiger partial charge in [-0.3, -0.25) is 0 Å². The zero-order valence-corrected chi connectivity index (χ0v) is 12.4. The van der Waals surface area contributed by atoms with E-state index in [4.69, 9.17) is 17.3 Å². The highest BCUT2D eigenvalue weighted by atomic mass is 35.5. The van der Waals surface area contributed by atoms with Crippen molar-refractivity contribution in [2.75, 3.05) is 5.73 Å². The predicted molar refractivity (Wildman–Crippen MR) is 81.0 cm³/mol. The Hall–Kier alpha value is -1.56. The molecule has 0 saturated carbocycles. The molecule has 20 heavy (non-hydrogen) atoms. The van der Waals surface area contributed by atoms with Crippen molar-refractivity contribution >= 4 is 27.3 Å². The van der Waals surface area contributed by atoms with Crippen LogP contribution in [0.15, 0.2) is 53.4 Å². The van der Waals surface area contributed by atoms with Crippen molar-refractivity contribution in [3.8, 4) is 0 Å². The van der Waals surface area contributed by atoms with E-state index in [2.05, 4.69) is 4.72 Å². The number of rotatable bonds is 4. The van der Waals surface area contributed by atoms with E-state index in [9.17, 15) is 8.42 Å². The van der Waals surface area contributed by atoms with Gasteiger partial charge in [-0.05, 0) is 48.9 Å². The van der Waals surface area contributed by atoms with Crippen LogP contribution in [0.1, 0.15) is 18.5 Å². The highest BCUT2D eigenvalue weighted by Crippen LogP contribution is 2.20. The summed E-state index contributed by atoms with van der Waals surface area (Å²) in [5, 5.41) is 0.570. The first-order valence-corrected chi connectivity index (χ1v) is 7.88. The summed E-state index contributed by atoms with van der Waals surface area (Å²) in [5.74, 6) is 0. The lowest BCUT2D eigenvalue weighted by atomic mass is 10.1. The van der Waals surface area contributed by atoms with Gasteiger partial charge < -0.3 is 5.73 Å². The number of nitrogen functional groups attached to an aromatic ring is 1. The minimum absolute atomic E-state index is 0.181. The fourth-order valence-corrected chi connectivity index (χ4v) is 3.22. The summed E-state index contributed by atoms with van der Waals surface area (Å²) in [7, 11) is -3.59. The average molecular weight is 311 g/mol. The van der Waals surface area contributed by atoms with Crippen LogP contribution in [0.2, 0.25) is 5.02 Å². The van der Waals surface area contributed by atoms with E-state index in [0.29, 0.717) is 10.7 Å². The fourth-order valence-electron chi connectivity index (χ4n) is 1.79. The van der Waals surface area contributed by atoms with Crippen molar-refractivity contribution in [2.45, 2.75) is 17.9 Å². The van der Waals surface area contributed by atoms with Gasteiger partial charge in [0, 0.05) is 16.8 Å². The van der Waals surface area contributed by atoms with Crippen LogP contribution in [-0.2, 0) is 10.0 Å². The zero-order chi connectivity index (χ0) is 14.8. The molecule has 0 aromatic heterocycles. The maximum atomic E-state index is 12.2. The molecule has 2 aromatic carbocycles. The molecule has 6 heteroatoms. The number of nitrogens with one attached hydrogen (secondary N) is 1. The van der Waals surface area contributed by atoms with Gasteiger partial charge in [0.2, 0.25) is 10.0 Å². The van der Waals surface area contributed by atoms with Gasteiger partial charge in [-0.2, -0.15) is 0 Å². The molecule has 0 radical (unpaired) electrons. The van der Waals surface area contributed by atoms with Gasteiger partial charge in [0.15, 0.2) is 0 Å². The van der Waals surface area contributed by atoms with Gasteiger partial charge in [0.05, 0.1) is 4.90 Å². The summed E-state index contributed by atoms with van der Waals surface area (Å²) in [6, 6.07) is 12.8. The lowest BCUT2D eigenvalue weighted by molar-refractivity contribution is 0.567. The monoisotopic (exact) mass is 310 g/mol. The molecular weight excluding hydrogens is 296 g/mol. The fraction of sp³-hybridized carbons (Fsp3) is 0.143. The highest BCUT2D eigenvalue weighted by Gasteiger charge is 2.18. The van der Waals surface area contributed by atoms with E-state index >= 15 is 0 Å². The molecule has 2 rings (SSSR count). The molecule has 0 spiro atoms. The smallest absolute Gasteiger partial charge is 0.241 e. The molecule has 106 valence electrons. The standard InChI is InChI=1S/C14H15ClN2O2S/c1-10(11-3-2-4-12(15)9-11)17-20(18,19)14-7-5-13(16)6-8-14/h2-10,17H,16H2,1H3. The van der Waals surface area contributed by atoms with Gasteiger partial charge in [-0.15, -0.1) is 0 Å². The van der Waals surface area contributed by atoms with Crippen molar-refractivity contribution in [1.29, 1.82) is 0 Å². The Morgan fingerprint density at radius 2 is 1.80 bits per heavy atom. The number of hydrogen-bond donors (Lipinski definition) is 2. The average Bonchev–Trinajstić information content (AvgIpc) is 2.38. The number of nitrogens with two attached hydrogens (primary N) is 1. The third-order valence-corrected chi connectivity index (χ3v) is 4.66. The van der Waals surface area contributed by atoms with Crippen LogP contribution in [0, 0.1) is 0 Å². The van der Waals surface area contributed by atoms with Gasteiger partial charge >= 0.3 is 0 Å². The molecule has 0 amide bonds. The number of hydrogen-bond acceptors (Lipinski definition) is 3. The maximum Gasteiger partial charge on any atom is 0.241 e. The van der Waals surface area contributed by atoms with Gasteiger partial charge in [-0.25, -0.2) is 13.1 Å². The number of benzene rings is 2. The van der Waals surface area contributed by atoms with Crippen LogP contribution in [0.4, 0.5) is 5.69 Å². The molecule has 2 aromatic rings. The summed E-state index contributed by atoms with van der Waals surface area (Å²) in [6.07, 6.45) is 0. The minimum atomic E-state index is -3.59. The van der Waals surface area contributed by atoms with Crippen molar-refractivity contribution in [3.63, 3.8) is 0 Å². The van der Waals surface area contributed by atoms with Crippen molar-refractivity contribution in [3.05, 3.63) is 59.1 Å². The highest BCUT2D eigenvalue weighted by molar-refractivity contribution is 7.89. The topological polar surface area (TPSA) is 72.2 Å². The lowest BCUT2D eigenvalue weighted by Crippen LogP contribution is -2.26. The van der Waals surface area contributed by atoms with Crippen LogP contribution in [0.3, 0.4) is 0 Å². The first-order chi connectivity index (χ1) is 9.38. The second kappa shape index (κ2) is 5.83. The van der Waals surface area contributed by atoms with Gasteiger partial charge in [0.25, 0.3) is 0 Å². The second-order valence-electron chi connectivity index (χ2n) is 4.47. The summed E-state index contributed by atoms with van der Waals surface area (Å²) >= 11 is 5.90. The Balaban J connectivity index is 2.22. The van der Waals surface area contributed by atoms with Crippen molar-refractivity contribution < 1.29 is 8.42 Å². The molecule has 0 fully saturated rings. The number of anilines is 1. The summed E-state index contributed by atoms with van der Waals surface area (Å²) in [6.45, 7) is 1.76. The molecule has 0 bridgehead atoms. The Kier molecular flexibility index (Phi) is 4.32. The van der Waals surface area contributed by atoms with E-state index < -0.39 is 10.0 Å². The largest absolute Gasteiger partial charge is 0.399 e. The molecule has 0 heterocycles. The van der Waals surface area contributed by atoms with Crippen LogP contribution in [0.5, 0.6) is 0 Å². The third kappa shape index (κ3) is 3.50. The Labute approximate surface area is 123 Å². The molecular formula is C14H15ClN2O2S. The van der Waals surface area contributed by atoms with E-state index in [1.807, 2.05) is 6.07 Å². The Morgan fingerprint density at radius 3 is 2.40 bits per heavy atom. The minimum Gasteiger partial charge on any atom is -0.399 e. The van der Waals surface area contributed by atoms with E-state index in [1.54, 1.807) is 37.3 Å². The molecule has 0 aliphatic carbocycles. The van der Waals surface area contributed by atoms with Crippen LogP contribution in [0.25, 0.3) is 0 Å². The first kappa shape index (κ1) is 14.8. The van der Waals surface area contributed by atoms with E-state index in [1.165, 1.54) is 12.1 Å². The molecule has 0 saturated heterocycles. The Morgan fingerprint density at radius 1 is 1.15 bits per heavy atom. The number of halogens is 1. The lowest BCUT2D eigenvalue weighted by Gasteiger charge is -2.15. The van der Waals surface area contributed by atoms with Crippen molar-refractivity contribution in [2.24, 2.45) is 0 Å². The molecule has 4 nitrogen and oxygen atoms in total. The first-order valence-electron chi connectivity index (χ1n) is 6.02. The molecule has 1 unspecified atom stereocenters. The van der Waals surface area contributed by atoms with Crippen LogP contribution >= 0.6 is 11.6 Å². The SMILES string of the molecule is CC(NS(=O)(=O)c1ccc(N)cc1)c1cccc(Cl)c1. The molecule has 1 atom stereocenters. The van der Waals surface area contributed by atoms with E-state index in [0.717, 1.165) is 5.56 Å². The predicted octanol–water partition coefficient (Wildman–Crippen LogP) is 2.96. The number of sulfonamides is 1. The van der Waals surface area contributed by atoms with Gasteiger partial charge in [0.1, 0.15) is 0 Å². The van der Waals surface area contributed by atoms with Crippen LogP contribution < -0.4 is 10.5 Å². The van der Waals surface area contributed by atoms with E-state index in [-0.39, 0.29) is 10.9 Å².